The molecule has 0 aromatic heterocycles. The molecule has 0 radical (unpaired) electrons. The van der Waals surface area contributed by atoms with E-state index < -0.39 is 42.0 Å². The third kappa shape index (κ3) is 2.66. The molecule has 1 N–H and O–H groups in total. The van der Waals surface area contributed by atoms with Gasteiger partial charge in [-0.1, -0.05) is 30.3 Å². The van der Waals surface area contributed by atoms with Gasteiger partial charge in [0.2, 0.25) is 0 Å². The zero-order valence-electron chi connectivity index (χ0n) is 10.7. The third-order valence-corrected chi connectivity index (χ3v) is 3.14. The topological polar surface area (TPSA) is 32.7 Å². The first-order valence-electron chi connectivity index (χ1n) is 6.00. The quantitative estimate of drug-likeness (QED) is 0.679. The van der Waals surface area contributed by atoms with Gasteiger partial charge in [-0.05, 0) is 5.56 Å². The van der Waals surface area contributed by atoms with Gasteiger partial charge in [-0.3, -0.25) is 4.84 Å². The molecule has 1 aromatic carbocycles. The van der Waals surface area contributed by atoms with Crippen LogP contribution in [0.5, 0.6) is 0 Å². The average Bonchev–Trinajstić information content (AvgIpc) is 2.81. The maximum Gasteiger partial charge on any atom is 0.461 e. The number of aliphatic hydroxyl groups excluding tert-OH is 1. The lowest BCUT2D eigenvalue weighted by atomic mass is 10.0. The lowest BCUT2D eigenvalue weighted by Crippen LogP contribution is -2.60. The number of alkyl halides is 7. The number of hydroxylamine groups is 2. The van der Waals surface area contributed by atoms with E-state index in [4.69, 9.17) is 0 Å². The summed E-state index contributed by atoms with van der Waals surface area (Å²) >= 11 is 0. The molecule has 22 heavy (non-hydrogen) atoms. The van der Waals surface area contributed by atoms with Gasteiger partial charge in [-0.15, -0.1) is 5.06 Å². The minimum atomic E-state index is -6.48. The van der Waals surface area contributed by atoms with Gasteiger partial charge in [0.15, 0.2) is 6.29 Å². The summed E-state index contributed by atoms with van der Waals surface area (Å²) in [6, 6.07) is -0.566. The zero-order chi connectivity index (χ0) is 16.8. The van der Waals surface area contributed by atoms with Gasteiger partial charge in [0.1, 0.15) is 0 Å². The number of rotatable bonds is 3. The van der Waals surface area contributed by atoms with Gasteiger partial charge in [-0.25, -0.2) is 0 Å². The molecule has 0 saturated carbocycles. The fourth-order valence-electron chi connectivity index (χ4n) is 2.05. The molecule has 2 unspecified atom stereocenters. The van der Waals surface area contributed by atoms with Crippen LogP contribution < -0.4 is 0 Å². The van der Waals surface area contributed by atoms with Crippen molar-refractivity contribution in [2.24, 2.45) is 0 Å². The lowest BCUT2D eigenvalue weighted by molar-refractivity contribution is -0.446. The van der Waals surface area contributed by atoms with Crippen LogP contribution in [0.3, 0.4) is 0 Å². The molecule has 0 aliphatic carbocycles. The molecule has 1 heterocycles. The van der Waals surface area contributed by atoms with Crippen molar-refractivity contribution in [2.45, 2.75) is 36.9 Å². The van der Waals surface area contributed by atoms with Crippen LogP contribution in [0.15, 0.2) is 30.3 Å². The van der Waals surface area contributed by atoms with Crippen LogP contribution in [-0.2, 0) is 4.84 Å². The molecule has 124 valence electrons. The van der Waals surface area contributed by atoms with Gasteiger partial charge in [0, 0.05) is 6.42 Å². The summed E-state index contributed by atoms with van der Waals surface area (Å²) in [4.78, 5) is 4.13. The zero-order valence-corrected chi connectivity index (χ0v) is 10.7. The van der Waals surface area contributed by atoms with Crippen molar-refractivity contribution in [3.63, 3.8) is 0 Å². The van der Waals surface area contributed by atoms with Crippen molar-refractivity contribution in [3.05, 3.63) is 35.9 Å². The Morgan fingerprint density at radius 3 is 2.05 bits per heavy atom. The largest absolute Gasteiger partial charge is 0.461 e. The van der Waals surface area contributed by atoms with Gasteiger partial charge in [0.05, 0.1) is 6.04 Å². The Morgan fingerprint density at radius 1 is 1.00 bits per heavy atom. The normalized spacial score (nSPS) is 24.7. The molecular formula is C12H10F7NO2. The number of hydrogen-bond donors (Lipinski definition) is 1. The second-order valence-electron chi connectivity index (χ2n) is 4.66. The fraction of sp³-hybridized carbons (Fsp3) is 0.500. The molecule has 10 heteroatoms. The molecule has 1 aliphatic heterocycles. The number of halogens is 7. The third-order valence-electron chi connectivity index (χ3n) is 3.14. The molecule has 1 aliphatic rings. The fourth-order valence-corrected chi connectivity index (χ4v) is 2.05. The van der Waals surface area contributed by atoms with E-state index >= 15 is 0 Å². The Kier molecular flexibility index (Phi) is 4.13. The summed E-state index contributed by atoms with van der Waals surface area (Å²) in [5.74, 6) is -6.35. The molecule has 0 spiro atoms. The minimum Gasteiger partial charge on any atom is -0.366 e. The lowest BCUT2D eigenvalue weighted by Gasteiger charge is -2.36. The summed E-state index contributed by atoms with van der Waals surface area (Å²) in [6.07, 6.45) is -8.97. The molecule has 0 bridgehead atoms. The van der Waals surface area contributed by atoms with Gasteiger partial charge in [-0.2, -0.15) is 30.7 Å². The second-order valence-corrected chi connectivity index (χ2v) is 4.66. The highest BCUT2D eigenvalue weighted by molar-refractivity contribution is 5.20. The van der Waals surface area contributed by atoms with Crippen molar-refractivity contribution in [1.29, 1.82) is 0 Å². The number of benzene rings is 1. The van der Waals surface area contributed by atoms with Crippen molar-refractivity contribution < 1.29 is 40.7 Å². The number of hydrogen-bond acceptors (Lipinski definition) is 3. The predicted molar refractivity (Wildman–Crippen MR) is 58.7 cm³/mol. The Hall–Kier alpha value is -1.39. The van der Waals surface area contributed by atoms with E-state index in [-0.39, 0.29) is 5.56 Å². The molecular weight excluding hydrogens is 323 g/mol. The first-order chi connectivity index (χ1) is 9.98. The van der Waals surface area contributed by atoms with Gasteiger partial charge in [0.25, 0.3) is 0 Å². The molecule has 1 aromatic rings. The van der Waals surface area contributed by atoms with Crippen molar-refractivity contribution in [2.75, 3.05) is 0 Å². The summed E-state index contributed by atoms with van der Waals surface area (Å²) in [7, 11) is 0. The van der Waals surface area contributed by atoms with Gasteiger partial charge >= 0.3 is 18.1 Å². The number of aliphatic hydroxyl groups is 1. The Balaban J connectivity index is 2.40. The van der Waals surface area contributed by atoms with Crippen molar-refractivity contribution in [1.82, 2.24) is 5.06 Å². The first kappa shape index (κ1) is 17.0. The van der Waals surface area contributed by atoms with E-state index in [9.17, 15) is 35.8 Å². The summed E-state index contributed by atoms with van der Waals surface area (Å²) < 4.78 is 90.4. The van der Waals surface area contributed by atoms with Crippen LogP contribution in [0, 0.1) is 0 Å². The van der Waals surface area contributed by atoms with E-state index in [1.165, 1.54) is 30.3 Å². The summed E-state index contributed by atoms with van der Waals surface area (Å²) in [5, 5.41) is 8.46. The molecule has 3 nitrogen and oxygen atoms in total. The minimum absolute atomic E-state index is 0.0108. The highest BCUT2D eigenvalue weighted by atomic mass is 19.4. The van der Waals surface area contributed by atoms with Crippen LogP contribution in [0.1, 0.15) is 18.0 Å². The molecule has 2 atom stereocenters. The predicted octanol–water partition coefficient (Wildman–Crippen LogP) is 3.47. The monoisotopic (exact) mass is 333 g/mol. The molecule has 2 rings (SSSR count). The highest BCUT2D eigenvalue weighted by Gasteiger charge is 2.77. The Bertz CT molecular complexity index is 520. The Labute approximate surface area is 119 Å². The van der Waals surface area contributed by atoms with Crippen LogP contribution in [-0.4, -0.2) is 34.6 Å². The van der Waals surface area contributed by atoms with E-state index in [0.29, 0.717) is 0 Å². The number of nitrogens with zero attached hydrogens (tertiary/aromatic N) is 1. The second kappa shape index (κ2) is 5.36. The average molecular weight is 333 g/mol. The van der Waals surface area contributed by atoms with Crippen LogP contribution in [0.4, 0.5) is 30.7 Å². The Morgan fingerprint density at radius 2 is 1.55 bits per heavy atom. The first-order valence-corrected chi connectivity index (χ1v) is 6.00. The summed E-state index contributed by atoms with van der Waals surface area (Å²) in [5.41, 5.74) is 0.0108. The van der Waals surface area contributed by atoms with E-state index in [0.717, 1.165) is 0 Å². The van der Waals surface area contributed by atoms with Crippen molar-refractivity contribution >= 4 is 0 Å². The van der Waals surface area contributed by atoms with Crippen LogP contribution in [0.2, 0.25) is 0 Å². The maximum absolute atomic E-state index is 13.7. The van der Waals surface area contributed by atoms with E-state index in [1.807, 2.05) is 0 Å². The van der Waals surface area contributed by atoms with Crippen LogP contribution >= 0.6 is 0 Å². The van der Waals surface area contributed by atoms with E-state index in [2.05, 4.69) is 4.84 Å². The van der Waals surface area contributed by atoms with Crippen molar-refractivity contribution in [3.8, 4) is 0 Å². The smallest absolute Gasteiger partial charge is 0.366 e. The SMILES string of the molecule is OC1CC(c2ccccc2)N(C(F)(F)C(F)(F)C(F)(F)F)O1. The molecule has 1 saturated heterocycles. The maximum atomic E-state index is 13.7. The molecule has 1 fully saturated rings. The van der Waals surface area contributed by atoms with Gasteiger partial charge < -0.3 is 5.11 Å². The molecule has 0 amide bonds. The highest BCUT2D eigenvalue weighted by Crippen LogP contribution is 2.52. The standard InChI is InChI=1S/C12H10F7NO2/c13-10(14,11(15,16)17)12(18,19)20-8(6-9(21)22-20)7-4-2-1-3-5-7/h1-5,8-9,21H,6H2. The van der Waals surface area contributed by atoms with Crippen LogP contribution in [0.25, 0.3) is 0 Å². The summed E-state index contributed by atoms with van der Waals surface area (Å²) in [6.45, 7) is 0. The van der Waals surface area contributed by atoms with E-state index in [1.54, 1.807) is 0 Å².